The predicted molar refractivity (Wildman–Crippen MR) is 163 cm³/mol. The summed E-state index contributed by atoms with van der Waals surface area (Å²) in [6.07, 6.45) is 4.27. The minimum absolute atomic E-state index is 0.132. The molecule has 2 aromatic rings. The van der Waals surface area contributed by atoms with Crippen molar-refractivity contribution < 1.29 is 18.7 Å². The fourth-order valence-corrected chi connectivity index (χ4v) is 9.25. The molecule has 2 saturated carbocycles. The highest BCUT2D eigenvalue weighted by Gasteiger charge is 2.60. The molecule has 2 aromatic carbocycles. The molecule has 0 saturated heterocycles. The summed E-state index contributed by atoms with van der Waals surface area (Å²) in [7, 11) is -1.70. The molecule has 4 atom stereocenters. The summed E-state index contributed by atoms with van der Waals surface area (Å²) in [4.78, 5) is 13.2. The molecule has 1 N–H and O–H groups in total. The van der Waals surface area contributed by atoms with Gasteiger partial charge >= 0.3 is 0 Å². The van der Waals surface area contributed by atoms with Gasteiger partial charge in [-0.2, -0.15) is 11.8 Å². The third-order valence-electron chi connectivity index (χ3n) is 9.13. The monoisotopic (exact) mass is 629 g/mol. The summed E-state index contributed by atoms with van der Waals surface area (Å²) in [5.74, 6) is 3.61. The van der Waals surface area contributed by atoms with E-state index in [-0.39, 0.29) is 22.8 Å². The van der Waals surface area contributed by atoms with E-state index < -0.39 is 8.32 Å². The summed E-state index contributed by atoms with van der Waals surface area (Å²) in [6.45, 7) is 9.03. The zero-order chi connectivity index (χ0) is 27.2. The zero-order valence-electron chi connectivity index (χ0n) is 23.3. The number of carbonyl (C=O) groups excluding carboxylic acids is 1. The van der Waals surface area contributed by atoms with Crippen LogP contribution in [-0.4, -0.2) is 44.7 Å². The molecule has 210 valence electrons. The average molecular weight is 631 g/mol. The van der Waals surface area contributed by atoms with Crippen molar-refractivity contribution in [2.75, 3.05) is 13.2 Å². The number of carbonyl (C=O) groups is 1. The van der Waals surface area contributed by atoms with E-state index in [9.17, 15) is 4.79 Å². The average Bonchev–Trinajstić information content (AvgIpc) is 3.72. The van der Waals surface area contributed by atoms with Gasteiger partial charge in [0.2, 0.25) is 0 Å². The van der Waals surface area contributed by atoms with Gasteiger partial charge in [0.1, 0.15) is 27.9 Å². The fourth-order valence-electron chi connectivity index (χ4n) is 6.32. The van der Waals surface area contributed by atoms with E-state index in [1.807, 2.05) is 11.8 Å². The van der Waals surface area contributed by atoms with Gasteiger partial charge < -0.3 is 19.2 Å². The minimum atomic E-state index is -1.70. The molecular weight excluding hydrogens is 590 g/mol. The van der Waals surface area contributed by atoms with Crippen molar-refractivity contribution in [1.29, 1.82) is 0 Å². The Balaban J connectivity index is 1.39. The van der Waals surface area contributed by atoms with Crippen LogP contribution in [0.25, 0.3) is 0 Å². The number of halogens is 1. The number of nitrogens with one attached hydrogen (secondary N) is 1. The smallest absolute Gasteiger partial charge is 0.186 e. The maximum atomic E-state index is 13.2. The van der Waals surface area contributed by atoms with E-state index in [1.165, 1.54) is 29.5 Å². The maximum Gasteiger partial charge on any atom is 0.186 e. The van der Waals surface area contributed by atoms with Crippen LogP contribution in [0.3, 0.4) is 0 Å². The largest absolute Gasteiger partial charge is 0.492 e. The number of thioether (sulfide) groups is 1. The third kappa shape index (κ3) is 5.61. The van der Waals surface area contributed by atoms with Crippen LogP contribution in [0.2, 0.25) is 19.1 Å². The highest BCUT2D eigenvalue weighted by Crippen LogP contribution is 2.61. The molecule has 4 aliphatic rings. The number of benzene rings is 2. The van der Waals surface area contributed by atoms with Gasteiger partial charge in [0.15, 0.2) is 8.32 Å². The van der Waals surface area contributed by atoms with E-state index >= 15 is 0 Å². The van der Waals surface area contributed by atoms with Crippen LogP contribution in [-0.2, 0) is 26.9 Å². The van der Waals surface area contributed by atoms with Crippen LogP contribution in [0.4, 0.5) is 0 Å². The standard InChI is InChI=1S/C31H40BrNO4SSi/c1-4-39(2,3)36-18-23-15-31-26(13-24(34)14-27(31)38-19-21-8-6-5-7-9-21)37-30-28(31)22(16-33-23)12-25(29(30)32)35-17-20-10-11-20/h5-9,12,20,23,26-27,33H,4,10-11,13-19H2,1-3H3/t23-,26+,27+,31+/m0/s1. The first kappa shape index (κ1) is 27.8. The highest BCUT2D eigenvalue weighted by molar-refractivity contribution is 9.10. The van der Waals surface area contributed by atoms with Gasteiger partial charge in [0.25, 0.3) is 0 Å². The molecule has 0 amide bonds. The molecule has 6 rings (SSSR count). The Kier molecular flexibility index (Phi) is 7.96. The van der Waals surface area contributed by atoms with Crippen LogP contribution in [0, 0.1) is 5.92 Å². The normalized spacial score (nSPS) is 27.9. The molecule has 39 heavy (non-hydrogen) atoms. The van der Waals surface area contributed by atoms with Crippen molar-refractivity contribution in [3.63, 3.8) is 0 Å². The third-order valence-corrected chi connectivity index (χ3v) is 14.0. The zero-order valence-corrected chi connectivity index (χ0v) is 26.7. The van der Waals surface area contributed by atoms with Gasteiger partial charge in [-0.25, -0.2) is 0 Å². The molecule has 0 bridgehead atoms. The molecule has 5 nitrogen and oxygen atoms in total. The van der Waals surface area contributed by atoms with Crippen molar-refractivity contribution in [2.24, 2.45) is 5.92 Å². The molecule has 2 fully saturated rings. The summed E-state index contributed by atoms with van der Waals surface area (Å²) in [6, 6.07) is 14.1. The van der Waals surface area contributed by atoms with Crippen molar-refractivity contribution in [1.82, 2.24) is 5.32 Å². The molecule has 1 spiro atoms. The van der Waals surface area contributed by atoms with Gasteiger partial charge in [0.05, 0.1) is 12.0 Å². The van der Waals surface area contributed by atoms with Crippen LogP contribution >= 0.6 is 27.7 Å². The number of Topliss-reactive ketones (excluding diaryl/α,β-unsaturated/α-hetero) is 1. The Morgan fingerprint density at radius 1 is 1.18 bits per heavy atom. The Morgan fingerprint density at radius 3 is 2.72 bits per heavy atom. The number of rotatable bonds is 10. The Labute approximate surface area is 246 Å². The molecule has 0 aromatic heterocycles. The number of hydrogen-bond acceptors (Lipinski definition) is 6. The molecule has 2 aliphatic carbocycles. The second kappa shape index (κ2) is 11.2. The molecule has 0 unspecified atom stereocenters. The van der Waals surface area contributed by atoms with Gasteiger partial charge in [-0.15, -0.1) is 0 Å². The van der Waals surface area contributed by atoms with Gasteiger partial charge in [0, 0.05) is 48.6 Å². The minimum Gasteiger partial charge on any atom is -0.492 e. The first-order chi connectivity index (χ1) is 18.8. The summed E-state index contributed by atoms with van der Waals surface area (Å²) in [5.41, 5.74) is 3.57. The lowest BCUT2D eigenvalue weighted by atomic mass is 9.64. The van der Waals surface area contributed by atoms with Crippen molar-refractivity contribution in [3.05, 3.63) is 57.6 Å². The first-order valence-electron chi connectivity index (χ1n) is 14.5. The Hall–Kier alpha value is -1.32. The lowest BCUT2D eigenvalue weighted by Gasteiger charge is -2.45. The number of ketones is 1. The molecule has 0 radical (unpaired) electrons. The van der Waals surface area contributed by atoms with Crippen molar-refractivity contribution in [2.45, 2.75) is 93.3 Å². The number of hydrogen-bond donors (Lipinski definition) is 1. The van der Waals surface area contributed by atoms with E-state index in [0.717, 1.165) is 47.3 Å². The van der Waals surface area contributed by atoms with Crippen LogP contribution < -0.4 is 14.8 Å². The van der Waals surface area contributed by atoms with Crippen LogP contribution in [0.1, 0.15) is 55.7 Å². The second-order valence-electron chi connectivity index (χ2n) is 12.4. The van der Waals surface area contributed by atoms with E-state index in [2.05, 4.69) is 77.7 Å². The fraction of sp³-hybridized carbons (Fsp3) is 0.581. The molecule has 2 aliphatic heterocycles. The first-order valence-corrected chi connectivity index (χ1v) is 19.4. The van der Waals surface area contributed by atoms with E-state index in [4.69, 9.17) is 13.9 Å². The lowest BCUT2D eigenvalue weighted by molar-refractivity contribution is -0.124. The molecule has 8 heteroatoms. The maximum absolute atomic E-state index is 13.2. The highest BCUT2D eigenvalue weighted by atomic mass is 79.9. The lowest BCUT2D eigenvalue weighted by Crippen LogP contribution is -2.55. The number of ether oxygens (including phenoxy) is 2. The van der Waals surface area contributed by atoms with Crippen molar-refractivity contribution in [3.8, 4) is 11.5 Å². The van der Waals surface area contributed by atoms with Gasteiger partial charge in [-0.05, 0) is 77.4 Å². The van der Waals surface area contributed by atoms with E-state index in [1.54, 1.807) is 0 Å². The van der Waals surface area contributed by atoms with Crippen LogP contribution in [0.5, 0.6) is 11.5 Å². The van der Waals surface area contributed by atoms with Crippen molar-refractivity contribution >= 4 is 41.8 Å². The van der Waals surface area contributed by atoms with E-state index in [0.29, 0.717) is 31.1 Å². The summed E-state index contributed by atoms with van der Waals surface area (Å²) in [5, 5.41) is 3.99. The van der Waals surface area contributed by atoms with Gasteiger partial charge in [-0.3, -0.25) is 4.79 Å². The molecular formula is C31H40BrNO4SSi. The Morgan fingerprint density at radius 2 is 1.97 bits per heavy atom. The summed E-state index contributed by atoms with van der Waals surface area (Å²) < 4.78 is 20.6. The topological polar surface area (TPSA) is 56.8 Å². The quantitative estimate of drug-likeness (QED) is 0.285. The van der Waals surface area contributed by atoms with Crippen LogP contribution in [0.15, 0.2) is 40.9 Å². The second-order valence-corrected chi connectivity index (χ2v) is 18.9. The summed E-state index contributed by atoms with van der Waals surface area (Å²) >= 11 is 5.81. The van der Waals surface area contributed by atoms with Gasteiger partial charge in [-0.1, -0.05) is 37.3 Å². The molecule has 2 heterocycles. The SMILES string of the molecule is CC[Si](C)(C)OC[C@@H]1C[C@@]23c4c(cc(OCC5CC5)c(Br)c4O[C@@H]2CC(=O)C[C@H]3SCc2ccccc2)CN1. The Bertz CT molecular complexity index is 1220. The predicted octanol–water partition coefficient (Wildman–Crippen LogP) is 7.01.